The number of nitrogens with zero attached hydrogens (tertiary/aromatic N) is 3. The van der Waals surface area contributed by atoms with Crippen LogP contribution in [0.15, 0.2) is 32.3 Å². The lowest BCUT2D eigenvalue weighted by molar-refractivity contribution is -0.124. The number of fused-ring (bicyclic) bond motifs is 1. The van der Waals surface area contributed by atoms with Crippen LogP contribution in [0.3, 0.4) is 0 Å². The fourth-order valence-corrected chi connectivity index (χ4v) is 3.50. The Morgan fingerprint density at radius 3 is 2.77 bits per heavy atom. The molecule has 0 bridgehead atoms. The van der Waals surface area contributed by atoms with Gasteiger partial charge in [0.25, 0.3) is 11.5 Å². The summed E-state index contributed by atoms with van der Waals surface area (Å²) in [5.41, 5.74) is 4.99. The summed E-state index contributed by atoms with van der Waals surface area (Å²) in [7, 11) is 1.38. The van der Waals surface area contributed by atoms with Gasteiger partial charge in [0.1, 0.15) is 18.1 Å². The molecular formula is C19H22BrN5O5. The Hall–Kier alpha value is -3.08. The summed E-state index contributed by atoms with van der Waals surface area (Å²) in [4.78, 5) is 54.3. The van der Waals surface area contributed by atoms with Crippen molar-refractivity contribution < 1.29 is 14.3 Å². The molecule has 3 N–H and O–H groups in total. The molecule has 10 nitrogen and oxygen atoms in total. The van der Waals surface area contributed by atoms with Crippen molar-refractivity contribution in [2.75, 3.05) is 35.7 Å². The molecule has 0 unspecified atom stereocenters. The average molecular weight is 480 g/mol. The minimum atomic E-state index is -0.765. The summed E-state index contributed by atoms with van der Waals surface area (Å²) in [6.07, 6.45) is 1.51. The highest BCUT2D eigenvalue weighted by Crippen LogP contribution is 2.34. The van der Waals surface area contributed by atoms with Gasteiger partial charge in [-0.25, -0.2) is 4.79 Å². The number of carbonyl (C=O) groups excluding carboxylic acids is 2. The number of likely N-dealkylation sites (N-methyl/N-ethyl adjacent to an activating group) is 1. The minimum absolute atomic E-state index is 0.0920. The molecule has 1 aliphatic rings. The monoisotopic (exact) mass is 479 g/mol. The van der Waals surface area contributed by atoms with E-state index in [4.69, 9.17) is 10.5 Å². The summed E-state index contributed by atoms with van der Waals surface area (Å²) in [6.45, 7) is 1.75. The van der Waals surface area contributed by atoms with Crippen molar-refractivity contribution in [1.29, 1.82) is 0 Å². The molecule has 2 aromatic rings. The number of aromatic amines is 1. The summed E-state index contributed by atoms with van der Waals surface area (Å²) in [5, 5.41) is 0. The Labute approximate surface area is 180 Å². The smallest absolute Gasteiger partial charge is 0.330 e. The molecule has 30 heavy (non-hydrogen) atoms. The van der Waals surface area contributed by atoms with Crippen LogP contribution in [0.1, 0.15) is 19.8 Å². The zero-order chi connectivity index (χ0) is 22.0. The van der Waals surface area contributed by atoms with E-state index in [1.54, 1.807) is 18.2 Å². The van der Waals surface area contributed by atoms with E-state index in [-0.39, 0.29) is 30.6 Å². The molecule has 0 saturated carbocycles. The number of nitrogen functional groups attached to an aromatic ring is 1. The fraction of sp³-hybridized carbons (Fsp3) is 0.368. The third-order valence-corrected chi connectivity index (χ3v) is 5.31. The molecule has 3 rings (SSSR count). The van der Waals surface area contributed by atoms with Crippen LogP contribution in [0, 0.1) is 0 Å². The molecule has 0 radical (unpaired) electrons. The maximum absolute atomic E-state index is 12.9. The van der Waals surface area contributed by atoms with Gasteiger partial charge in [0.15, 0.2) is 12.3 Å². The lowest BCUT2D eigenvalue weighted by atomic mass is 10.2. The van der Waals surface area contributed by atoms with Crippen LogP contribution in [0.2, 0.25) is 0 Å². The van der Waals surface area contributed by atoms with Crippen molar-refractivity contribution >= 4 is 44.9 Å². The van der Waals surface area contributed by atoms with Crippen LogP contribution < -0.4 is 31.5 Å². The van der Waals surface area contributed by atoms with Crippen LogP contribution >= 0.6 is 15.9 Å². The van der Waals surface area contributed by atoms with Gasteiger partial charge in [-0.2, -0.15) is 0 Å². The quantitative estimate of drug-likeness (QED) is 0.636. The zero-order valence-corrected chi connectivity index (χ0v) is 18.2. The topological polar surface area (TPSA) is 131 Å². The predicted octanol–water partition coefficient (Wildman–Crippen LogP) is 1.07. The highest BCUT2D eigenvalue weighted by Gasteiger charge is 2.30. The first kappa shape index (κ1) is 21.6. The van der Waals surface area contributed by atoms with Gasteiger partial charge in [-0.3, -0.25) is 28.8 Å². The second-order valence-corrected chi connectivity index (χ2v) is 7.75. The molecule has 2 amide bonds. The van der Waals surface area contributed by atoms with E-state index in [9.17, 15) is 19.2 Å². The van der Waals surface area contributed by atoms with E-state index >= 15 is 0 Å². The number of aromatic nitrogens is 2. The number of benzene rings is 1. The lowest BCUT2D eigenvalue weighted by Gasteiger charge is -2.30. The van der Waals surface area contributed by atoms with E-state index in [1.165, 1.54) is 16.5 Å². The van der Waals surface area contributed by atoms with Gasteiger partial charge in [-0.1, -0.05) is 29.3 Å². The number of halogens is 1. The Morgan fingerprint density at radius 1 is 1.33 bits per heavy atom. The number of H-pyrrole nitrogens is 1. The highest BCUT2D eigenvalue weighted by molar-refractivity contribution is 9.10. The van der Waals surface area contributed by atoms with Gasteiger partial charge in [-0.05, 0) is 24.6 Å². The van der Waals surface area contributed by atoms with Crippen molar-refractivity contribution in [3.05, 3.63) is 43.5 Å². The fourth-order valence-electron chi connectivity index (χ4n) is 3.16. The number of carbonyl (C=O) groups is 2. The normalized spacial score (nSPS) is 13.0. The number of amides is 2. The maximum atomic E-state index is 12.9. The summed E-state index contributed by atoms with van der Waals surface area (Å²) < 4.78 is 7.42. The first-order valence-electron chi connectivity index (χ1n) is 9.36. The van der Waals surface area contributed by atoms with Gasteiger partial charge < -0.3 is 15.4 Å². The lowest BCUT2D eigenvalue weighted by Crippen LogP contribution is -2.47. The first-order valence-corrected chi connectivity index (χ1v) is 10.2. The molecule has 160 valence electrons. The standard InChI is InChI=1S/C19H22BrN5O5/c1-3-4-7-24-17(21)16(18(28)22-19(24)29)23(2)14(26)9-25-12-6-5-11(20)8-13(12)30-10-15(25)27/h5-6,8H,3-4,7,9-10,21H2,1-2H3,(H,22,28,29). The van der Waals surface area contributed by atoms with E-state index in [2.05, 4.69) is 20.9 Å². The number of anilines is 3. The van der Waals surface area contributed by atoms with Crippen LogP contribution in [0.5, 0.6) is 5.75 Å². The number of hydrogen-bond acceptors (Lipinski definition) is 6. The summed E-state index contributed by atoms with van der Waals surface area (Å²) >= 11 is 3.34. The van der Waals surface area contributed by atoms with Crippen LogP contribution in [-0.2, 0) is 16.1 Å². The highest BCUT2D eigenvalue weighted by atomic mass is 79.9. The Balaban J connectivity index is 1.91. The minimum Gasteiger partial charge on any atom is -0.482 e. The van der Waals surface area contributed by atoms with Crippen molar-refractivity contribution in [1.82, 2.24) is 9.55 Å². The Kier molecular flexibility index (Phi) is 6.30. The Morgan fingerprint density at radius 2 is 2.07 bits per heavy atom. The molecular weight excluding hydrogens is 458 g/mol. The van der Waals surface area contributed by atoms with Crippen molar-refractivity contribution in [2.24, 2.45) is 0 Å². The average Bonchev–Trinajstić information content (AvgIpc) is 2.69. The maximum Gasteiger partial charge on any atom is 0.330 e. The molecule has 0 atom stereocenters. The number of rotatable bonds is 6. The number of nitrogens with two attached hydrogens (primary N) is 1. The third kappa shape index (κ3) is 4.11. The molecule has 2 heterocycles. The number of ether oxygens (including phenoxy) is 1. The largest absolute Gasteiger partial charge is 0.482 e. The van der Waals surface area contributed by atoms with E-state index in [1.807, 2.05) is 6.92 Å². The second kappa shape index (κ2) is 8.74. The molecule has 0 aliphatic carbocycles. The van der Waals surface area contributed by atoms with Gasteiger partial charge in [-0.15, -0.1) is 0 Å². The number of nitrogens with one attached hydrogen (secondary N) is 1. The molecule has 1 aliphatic heterocycles. The molecule has 0 spiro atoms. The van der Waals surface area contributed by atoms with E-state index < -0.39 is 17.2 Å². The third-order valence-electron chi connectivity index (χ3n) is 4.82. The molecule has 11 heteroatoms. The number of unbranched alkanes of at least 4 members (excludes halogenated alkanes) is 1. The molecule has 0 fully saturated rings. The second-order valence-electron chi connectivity index (χ2n) is 6.83. The van der Waals surface area contributed by atoms with E-state index in [0.29, 0.717) is 24.4 Å². The first-order chi connectivity index (χ1) is 14.2. The zero-order valence-electron chi connectivity index (χ0n) is 16.6. The molecule has 1 aromatic heterocycles. The van der Waals surface area contributed by atoms with Crippen LogP contribution in [0.25, 0.3) is 0 Å². The van der Waals surface area contributed by atoms with Crippen LogP contribution in [0.4, 0.5) is 17.2 Å². The summed E-state index contributed by atoms with van der Waals surface area (Å²) in [5.74, 6) is -0.561. The number of hydrogen-bond donors (Lipinski definition) is 2. The van der Waals surface area contributed by atoms with E-state index in [0.717, 1.165) is 15.8 Å². The molecule has 0 saturated heterocycles. The van der Waals surface area contributed by atoms with Gasteiger partial charge >= 0.3 is 5.69 Å². The SMILES string of the molecule is CCCCn1c(N)c(N(C)C(=O)CN2C(=O)COc3cc(Br)ccc32)c(=O)[nH]c1=O. The van der Waals surface area contributed by atoms with Crippen molar-refractivity contribution in [2.45, 2.75) is 26.3 Å². The van der Waals surface area contributed by atoms with Gasteiger partial charge in [0.05, 0.1) is 5.69 Å². The summed E-state index contributed by atoms with van der Waals surface area (Å²) in [6, 6.07) is 5.10. The Bertz CT molecular complexity index is 1110. The van der Waals surface area contributed by atoms with Crippen molar-refractivity contribution in [3.8, 4) is 5.75 Å². The van der Waals surface area contributed by atoms with Gasteiger partial charge in [0.2, 0.25) is 5.91 Å². The van der Waals surface area contributed by atoms with Gasteiger partial charge in [0, 0.05) is 18.1 Å². The van der Waals surface area contributed by atoms with Crippen molar-refractivity contribution in [3.63, 3.8) is 0 Å². The van der Waals surface area contributed by atoms with Crippen LogP contribution in [-0.4, -0.2) is 41.6 Å². The molecule has 1 aromatic carbocycles. The predicted molar refractivity (Wildman–Crippen MR) is 116 cm³/mol.